The Bertz CT molecular complexity index is 584. The zero-order valence-corrected chi connectivity index (χ0v) is 10.6. The van der Waals surface area contributed by atoms with Crippen LogP contribution in [0.25, 0.3) is 0 Å². The van der Waals surface area contributed by atoms with E-state index in [4.69, 9.17) is 0 Å². The van der Waals surface area contributed by atoms with Crippen LogP contribution in [0, 0.1) is 12.7 Å². The second-order valence-corrected chi connectivity index (χ2v) is 4.21. The van der Waals surface area contributed by atoms with E-state index in [-0.39, 0.29) is 5.69 Å². The smallest absolute Gasteiger partial charge is 0.319 e. The Morgan fingerprint density at radius 2 is 1.79 bits per heavy atom. The van der Waals surface area contributed by atoms with Gasteiger partial charge in [0.25, 0.3) is 0 Å². The molecular weight excluding hydrogens is 243 g/mol. The number of urea groups is 1. The molecule has 2 N–H and O–H groups in total. The fraction of sp³-hybridized carbons (Fsp3) is 0.133. The van der Waals surface area contributed by atoms with E-state index in [2.05, 4.69) is 10.6 Å². The lowest BCUT2D eigenvalue weighted by Crippen LogP contribution is -2.28. The summed E-state index contributed by atoms with van der Waals surface area (Å²) in [4.78, 5) is 11.7. The highest BCUT2D eigenvalue weighted by molar-refractivity contribution is 5.89. The Hall–Kier alpha value is -2.36. The van der Waals surface area contributed by atoms with Gasteiger partial charge < -0.3 is 10.6 Å². The molecule has 0 heterocycles. The maximum atomic E-state index is 13.3. The summed E-state index contributed by atoms with van der Waals surface area (Å²) in [5.74, 6) is -0.450. The normalized spacial score (nSPS) is 10.0. The first-order chi connectivity index (χ1) is 9.16. The molecule has 3 nitrogen and oxygen atoms in total. The molecule has 0 aliphatic heterocycles. The average Bonchev–Trinajstić information content (AvgIpc) is 2.40. The number of carbonyl (C=O) groups is 1. The van der Waals surface area contributed by atoms with Crippen LogP contribution in [0.15, 0.2) is 48.5 Å². The Morgan fingerprint density at radius 1 is 1.11 bits per heavy atom. The number of para-hydroxylation sites is 1. The van der Waals surface area contributed by atoms with Gasteiger partial charge in [-0.1, -0.05) is 36.4 Å². The highest BCUT2D eigenvalue weighted by Crippen LogP contribution is 2.12. The van der Waals surface area contributed by atoms with E-state index >= 15 is 0 Å². The molecule has 0 spiro atoms. The number of hydrogen-bond donors (Lipinski definition) is 2. The van der Waals surface area contributed by atoms with Crippen molar-refractivity contribution in [2.75, 3.05) is 5.32 Å². The molecule has 0 atom stereocenters. The van der Waals surface area contributed by atoms with E-state index in [0.717, 1.165) is 11.1 Å². The molecule has 0 fully saturated rings. The van der Waals surface area contributed by atoms with Crippen LogP contribution < -0.4 is 10.6 Å². The van der Waals surface area contributed by atoms with Crippen molar-refractivity contribution in [2.45, 2.75) is 13.5 Å². The van der Waals surface area contributed by atoms with Crippen molar-refractivity contribution in [3.05, 3.63) is 65.5 Å². The van der Waals surface area contributed by atoms with Gasteiger partial charge in [-0.2, -0.15) is 0 Å². The minimum Gasteiger partial charge on any atom is -0.334 e. The van der Waals surface area contributed by atoms with Gasteiger partial charge in [-0.3, -0.25) is 0 Å². The Kier molecular flexibility index (Phi) is 4.13. The Morgan fingerprint density at radius 3 is 2.53 bits per heavy atom. The molecule has 0 aliphatic carbocycles. The van der Waals surface area contributed by atoms with Gasteiger partial charge in [0.05, 0.1) is 5.69 Å². The second-order valence-electron chi connectivity index (χ2n) is 4.21. The summed E-state index contributed by atoms with van der Waals surface area (Å²) < 4.78 is 13.3. The molecule has 2 aromatic carbocycles. The highest BCUT2D eigenvalue weighted by atomic mass is 19.1. The third-order valence-corrected chi connectivity index (χ3v) is 2.82. The van der Waals surface area contributed by atoms with Crippen LogP contribution in [0.1, 0.15) is 11.1 Å². The molecule has 0 radical (unpaired) electrons. The maximum Gasteiger partial charge on any atom is 0.319 e. The number of nitrogens with one attached hydrogen (secondary N) is 2. The third-order valence-electron chi connectivity index (χ3n) is 2.82. The van der Waals surface area contributed by atoms with Crippen molar-refractivity contribution >= 4 is 11.7 Å². The van der Waals surface area contributed by atoms with Crippen LogP contribution >= 0.6 is 0 Å². The SMILES string of the molecule is Cc1ccccc1CNC(=O)Nc1ccccc1F. The molecule has 0 unspecified atom stereocenters. The number of amides is 2. The summed E-state index contributed by atoms with van der Waals surface area (Å²) in [6.07, 6.45) is 0. The molecule has 98 valence electrons. The van der Waals surface area contributed by atoms with Crippen LogP contribution in [0.4, 0.5) is 14.9 Å². The van der Waals surface area contributed by atoms with Gasteiger partial charge in [0.2, 0.25) is 0 Å². The summed E-state index contributed by atoms with van der Waals surface area (Å²) >= 11 is 0. The fourth-order valence-electron chi connectivity index (χ4n) is 1.71. The lowest BCUT2D eigenvalue weighted by molar-refractivity contribution is 0.251. The van der Waals surface area contributed by atoms with Gasteiger partial charge in [0, 0.05) is 6.54 Å². The third kappa shape index (κ3) is 3.55. The zero-order chi connectivity index (χ0) is 13.7. The van der Waals surface area contributed by atoms with Crippen LogP contribution in [0.2, 0.25) is 0 Å². The number of aryl methyl sites for hydroxylation is 1. The number of anilines is 1. The quantitative estimate of drug-likeness (QED) is 0.869. The lowest BCUT2D eigenvalue weighted by Gasteiger charge is -2.09. The van der Waals surface area contributed by atoms with Crippen molar-refractivity contribution in [3.63, 3.8) is 0 Å². The molecule has 0 aromatic heterocycles. The Labute approximate surface area is 111 Å². The van der Waals surface area contributed by atoms with Crippen molar-refractivity contribution in [3.8, 4) is 0 Å². The van der Waals surface area contributed by atoms with Crippen LogP contribution in [-0.4, -0.2) is 6.03 Å². The standard InChI is InChI=1S/C15H15FN2O/c1-11-6-2-3-7-12(11)10-17-15(19)18-14-9-5-4-8-13(14)16/h2-9H,10H2,1H3,(H2,17,18,19). The zero-order valence-electron chi connectivity index (χ0n) is 10.6. The molecule has 19 heavy (non-hydrogen) atoms. The highest BCUT2D eigenvalue weighted by Gasteiger charge is 2.06. The predicted molar refractivity (Wildman–Crippen MR) is 73.4 cm³/mol. The van der Waals surface area contributed by atoms with Gasteiger partial charge in [0.15, 0.2) is 0 Å². The minimum absolute atomic E-state index is 0.171. The molecule has 2 amide bonds. The average molecular weight is 258 g/mol. The van der Waals surface area contributed by atoms with E-state index < -0.39 is 11.8 Å². The second kappa shape index (κ2) is 6.00. The van der Waals surface area contributed by atoms with E-state index in [1.807, 2.05) is 31.2 Å². The molecule has 4 heteroatoms. The molecular formula is C15H15FN2O. The molecule has 0 saturated carbocycles. The van der Waals surface area contributed by atoms with E-state index in [0.29, 0.717) is 6.54 Å². The van der Waals surface area contributed by atoms with E-state index in [9.17, 15) is 9.18 Å². The van der Waals surface area contributed by atoms with Crippen LogP contribution in [0.5, 0.6) is 0 Å². The predicted octanol–water partition coefficient (Wildman–Crippen LogP) is 3.46. The van der Waals surface area contributed by atoms with Crippen molar-refractivity contribution < 1.29 is 9.18 Å². The van der Waals surface area contributed by atoms with Gasteiger partial charge in [0.1, 0.15) is 5.82 Å². The molecule has 0 saturated heterocycles. The minimum atomic E-state index is -0.450. The first-order valence-electron chi connectivity index (χ1n) is 6.00. The molecule has 0 bridgehead atoms. The number of carbonyl (C=O) groups excluding carboxylic acids is 1. The molecule has 2 rings (SSSR count). The first kappa shape index (κ1) is 13.1. The number of hydrogen-bond acceptors (Lipinski definition) is 1. The molecule has 2 aromatic rings. The summed E-state index contributed by atoms with van der Waals surface area (Å²) in [5, 5.41) is 5.17. The van der Waals surface area contributed by atoms with Gasteiger partial charge in [-0.05, 0) is 30.2 Å². The van der Waals surface area contributed by atoms with Crippen molar-refractivity contribution in [2.24, 2.45) is 0 Å². The van der Waals surface area contributed by atoms with Crippen molar-refractivity contribution in [1.82, 2.24) is 5.32 Å². The maximum absolute atomic E-state index is 13.3. The summed E-state index contributed by atoms with van der Waals surface area (Å²) in [6.45, 7) is 2.39. The summed E-state index contributed by atoms with van der Waals surface area (Å²) in [7, 11) is 0. The monoisotopic (exact) mass is 258 g/mol. The van der Waals surface area contributed by atoms with Gasteiger partial charge in [-0.15, -0.1) is 0 Å². The van der Waals surface area contributed by atoms with Crippen molar-refractivity contribution in [1.29, 1.82) is 0 Å². The first-order valence-corrected chi connectivity index (χ1v) is 6.00. The van der Waals surface area contributed by atoms with E-state index in [1.165, 1.54) is 12.1 Å². The number of benzene rings is 2. The van der Waals surface area contributed by atoms with Crippen LogP contribution in [0.3, 0.4) is 0 Å². The number of rotatable bonds is 3. The fourth-order valence-corrected chi connectivity index (χ4v) is 1.71. The van der Waals surface area contributed by atoms with Gasteiger partial charge >= 0.3 is 6.03 Å². The lowest BCUT2D eigenvalue weighted by atomic mass is 10.1. The van der Waals surface area contributed by atoms with Crippen LogP contribution in [-0.2, 0) is 6.54 Å². The topological polar surface area (TPSA) is 41.1 Å². The van der Waals surface area contributed by atoms with Gasteiger partial charge in [-0.25, -0.2) is 9.18 Å². The largest absolute Gasteiger partial charge is 0.334 e. The molecule has 0 aliphatic rings. The number of halogens is 1. The van der Waals surface area contributed by atoms with E-state index in [1.54, 1.807) is 12.1 Å². The summed E-state index contributed by atoms with van der Waals surface area (Å²) in [5.41, 5.74) is 2.31. The Balaban J connectivity index is 1.92. The summed E-state index contributed by atoms with van der Waals surface area (Å²) in [6, 6.07) is 13.4.